The summed E-state index contributed by atoms with van der Waals surface area (Å²) in [5, 5.41) is 45.1. The molecule has 3 unspecified atom stereocenters. The molecule has 1 amide bonds. The fourth-order valence-corrected chi connectivity index (χ4v) is 6.42. The van der Waals surface area contributed by atoms with Crippen LogP contribution in [0.4, 0.5) is 11.4 Å². The van der Waals surface area contributed by atoms with Crippen LogP contribution >= 0.6 is 36.8 Å². The van der Waals surface area contributed by atoms with Crippen molar-refractivity contribution in [1.82, 2.24) is 4.90 Å². The molecule has 3 atom stereocenters. The second-order valence-corrected chi connectivity index (χ2v) is 12.3. The summed E-state index contributed by atoms with van der Waals surface area (Å²) >= 11 is 9.91. The van der Waals surface area contributed by atoms with E-state index in [9.17, 15) is 25.2 Å². The van der Waals surface area contributed by atoms with Crippen LogP contribution in [0.15, 0.2) is 34.8 Å². The van der Waals surface area contributed by atoms with Crippen molar-refractivity contribution in [3.8, 4) is 5.75 Å². The zero-order valence-corrected chi connectivity index (χ0v) is 25.6. The Hall–Kier alpha value is -1.49. The number of hydrogen-bond donors (Lipinski definition) is 5. The molecule has 0 spiro atoms. The van der Waals surface area contributed by atoms with E-state index in [0.717, 1.165) is 11.3 Å². The Morgan fingerprint density at radius 1 is 1.21 bits per heavy atom. The second-order valence-electron chi connectivity index (χ2n) is 10.3. The number of carbonyl (C=O) groups excluding carboxylic acids is 1. The SMILES string of the molecule is CCCC1(O)C(=O)Nc2cc(OCCCC(O)(O)N3CCN(c4cccc(C)c4Cl)CC3)c(Br)cc2C1(O)P. The molecule has 9 nitrogen and oxygen atoms in total. The highest BCUT2D eigenvalue weighted by molar-refractivity contribution is 9.10. The van der Waals surface area contributed by atoms with Gasteiger partial charge in [-0.3, -0.25) is 4.79 Å². The van der Waals surface area contributed by atoms with Gasteiger partial charge in [-0.05, 0) is 53.4 Å². The smallest absolute Gasteiger partial charge is 0.260 e. The van der Waals surface area contributed by atoms with Crippen LogP contribution in [0.2, 0.25) is 5.02 Å². The van der Waals surface area contributed by atoms with Gasteiger partial charge in [0, 0.05) is 44.2 Å². The van der Waals surface area contributed by atoms with E-state index in [-0.39, 0.29) is 19.4 Å². The first-order valence-corrected chi connectivity index (χ1v) is 14.8. The van der Waals surface area contributed by atoms with Crippen molar-refractivity contribution in [3.05, 3.63) is 51.0 Å². The summed E-state index contributed by atoms with van der Waals surface area (Å²) in [5.74, 6) is -2.24. The lowest BCUT2D eigenvalue weighted by Crippen LogP contribution is -2.59. The highest BCUT2D eigenvalue weighted by Gasteiger charge is 2.56. The van der Waals surface area contributed by atoms with Crippen molar-refractivity contribution < 1.29 is 30.0 Å². The number of carbonyl (C=O) groups is 1. The van der Waals surface area contributed by atoms with Gasteiger partial charge in [0.15, 0.2) is 5.60 Å². The van der Waals surface area contributed by atoms with Crippen LogP contribution in [0.1, 0.15) is 43.7 Å². The number of anilines is 2. The van der Waals surface area contributed by atoms with E-state index in [1.165, 1.54) is 0 Å². The second kappa shape index (κ2) is 11.8. The summed E-state index contributed by atoms with van der Waals surface area (Å²) in [5.41, 5.74) is 0.656. The molecule has 0 bridgehead atoms. The van der Waals surface area contributed by atoms with E-state index < -0.39 is 22.8 Å². The fourth-order valence-electron chi connectivity index (χ4n) is 5.20. The predicted octanol–water partition coefficient (Wildman–Crippen LogP) is 3.53. The summed E-state index contributed by atoms with van der Waals surface area (Å²) in [7, 11) is 2.21. The molecule has 5 N–H and O–H groups in total. The molecule has 0 aromatic heterocycles. The third kappa shape index (κ3) is 5.95. The van der Waals surface area contributed by atoms with Crippen molar-refractivity contribution in [3.63, 3.8) is 0 Å². The van der Waals surface area contributed by atoms with Crippen molar-refractivity contribution in [2.75, 3.05) is 43.0 Å². The zero-order valence-electron chi connectivity index (χ0n) is 22.1. The fraction of sp³-hybridized carbons (Fsp3) is 0.519. The van der Waals surface area contributed by atoms with Crippen LogP contribution in [0.25, 0.3) is 0 Å². The van der Waals surface area contributed by atoms with Gasteiger partial charge in [0.2, 0.25) is 5.91 Å². The number of halogens is 2. The minimum absolute atomic E-state index is 0.0763. The van der Waals surface area contributed by atoms with Gasteiger partial charge >= 0.3 is 0 Å². The van der Waals surface area contributed by atoms with Gasteiger partial charge in [-0.2, -0.15) is 0 Å². The lowest BCUT2D eigenvalue weighted by Gasteiger charge is -2.44. The molecular weight excluding hydrogens is 609 g/mol. The van der Waals surface area contributed by atoms with Crippen LogP contribution in [-0.2, 0) is 10.1 Å². The quantitative estimate of drug-likeness (QED) is 0.160. The first kappa shape index (κ1) is 30.5. The summed E-state index contributed by atoms with van der Waals surface area (Å²) in [4.78, 5) is 16.5. The Labute approximate surface area is 244 Å². The number of aliphatic hydroxyl groups is 4. The van der Waals surface area contributed by atoms with Crippen LogP contribution < -0.4 is 15.0 Å². The molecule has 4 rings (SSSR count). The number of fused-ring (bicyclic) bond motifs is 1. The van der Waals surface area contributed by atoms with Crippen molar-refractivity contribution >= 4 is 54.1 Å². The van der Waals surface area contributed by atoms with E-state index in [1.54, 1.807) is 17.0 Å². The molecule has 2 aliphatic rings. The molecule has 2 aromatic rings. The first-order valence-electron chi connectivity index (χ1n) is 13.0. The van der Waals surface area contributed by atoms with E-state index in [0.29, 0.717) is 65.5 Å². The van der Waals surface area contributed by atoms with E-state index in [1.807, 2.05) is 32.0 Å². The Morgan fingerprint density at radius 2 is 1.90 bits per heavy atom. The predicted molar refractivity (Wildman–Crippen MR) is 158 cm³/mol. The molecule has 2 aromatic carbocycles. The van der Waals surface area contributed by atoms with Gasteiger partial charge in [-0.25, -0.2) is 4.90 Å². The standard InChI is InChI=1S/C27H36BrClN3O6P/c1-3-8-25(34)24(33)30-20-16-22(19(28)15-18(20)27(25,37)39)38-14-5-9-26(35,36)32-12-10-31(11-13-32)21-7-4-6-17(2)23(21)29/h4,6-7,15-16,34-37H,3,5,8-14,39H2,1-2H3,(H,30,33). The number of ether oxygens (including phenoxy) is 1. The average molecular weight is 645 g/mol. The minimum Gasteiger partial charge on any atom is -0.492 e. The lowest BCUT2D eigenvalue weighted by molar-refractivity contribution is -0.269. The van der Waals surface area contributed by atoms with Gasteiger partial charge in [0.25, 0.3) is 5.91 Å². The maximum Gasteiger partial charge on any atom is 0.260 e. The Kier molecular flexibility index (Phi) is 9.20. The summed E-state index contributed by atoms with van der Waals surface area (Å²) in [6.45, 7) is 6.15. The van der Waals surface area contributed by atoms with Gasteiger partial charge in [0.1, 0.15) is 11.1 Å². The number of nitrogens with zero attached hydrogens (tertiary/aromatic N) is 2. The molecule has 12 heteroatoms. The van der Waals surface area contributed by atoms with E-state index >= 15 is 0 Å². The van der Waals surface area contributed by atoms with Crippen LogP contribution in [0, 0.1) is 6.92 Å². The Balaban J connectivity index is 1.33. The average Bonchev–Trinajstić information content (AvgIpc) is 2.89. The Bertz CT molecular complexity index is 1220. The third-order valence-corrected chi connectivity index (χ3v) is 9.46. The topological polar surface area (TPSA) is 126 Å². The molecule has 1 fully saturated rings. The molecule has 0 aliphatic carbocycles. The van der Waals surface area contributed by atoms with Crippen LogP contribution in [0.3, 0.4) is 0 Å². The Morgan fingerprint density at radius 3 is 2.56 bits per heavy atom. The van der Waals surface area contributed by atoms with Crippen molar-refractivity contribution in [2.24, 2.45) is 0 Å². The highest BCUT2D eigenvalue weighted by atomic mass is 79.9. The molecule has 0 saturated carbocycles. The number of amides is 1. The summed E-state index contributed by atoms with van der Waals surface area (Å²) in [6.07, 6.45) is 1.03. The number of rotatable bonds is 9. The largest absolute Gasteiger partial charge is 0.492 e. The molecule has 2 aliphatic heterocycles. The van der Waals surface area contributed by atoms with Crippen LogP contribution in [-0.4, -0.2) is 75.5 Å². The maximum atomic E-state index is 12.7. The highest BCUT2D eigenvalue weighted by Crippen LogP contribution is 2.50. The van der Waals surface area contributed by atoms with Gasteiger partial charge < -0.3 is 35.4 Å². The third-order valence-electron chi connectivity index (χ3n) is 7.56. The molecular formula is C27H36BrClN3O6P. The molecule has 39 heavy (non-hydrogen) atoms. The number of hydrogen-bond acceptors (Lipinski definition) is 8. The molecule has 2 heterocycles. The van der Waals surface area contributed by atoms with Gasteiger partial charge in [-0.15, -0.1) is 0 Å². The van der Waals surface area contributed by atoms with Gasteiger partial charge in [-0.1, -0.05) is 46.3 Å². The zero-order chi connectivity index (χ0) is 28.6. The maximum absolute atomic E-state index is 12.7. The first-order chi connectivity index (χ1) is 18.3. The monoisotopic (exact) mass is 643 g/mol. The normalized spacial score (nSPS) is 23.9. The van der Waals surface area contributed by atoms with Crippen molar-refractivity contribution in [2.45, 2.75) is 56.4 Å². The van der Waals surface area contributed by atoms with E-state index in [4.69, 9.17) is 16.3 Å². The summed E-state index contributed by atoms with van der Waals surface area (Å²) in [6, 6.07) is 9.10. The number of aryl methyl sites for hydroxylation is 1. The summed E-state index contributed by atoms with van der Waals surface area (Å²) < 4.78 is 6.40. The minimum atomic E-state index is -1.98. The lowest BCUT2D eigenvalue weighted by atomic mass is 9.81. The van der Waals surface area contributed by atoms with Gasteiger partial charge in [0.05, 0.1) is 27.5 Å². The molecule has 214 valence electrons. The van der Waals surface area contributed by atoms with E-state index in [2.05, 4.69) is 35.4 Å². The number of nitrogens with one attached hydrogen (secondary N) is 1. The number of benzene rings is 2. The number of piperazine rings is 1. The van der Waals surface area contributed by atoms with Crippen LogP contribution in [0.5, 0.6) is 5.75 Å². The van der Waals surface area contributed by atoms with Crippen molar-refractivity contribution in [1.29, 1.82) is 0 Å². The molecule has 1 saturated heterocycles. The molecule has 0 radical (unpaired) electrons.